The van der Waals surface area contributed by atoms with Crippen molar-refractivity contribution in [2.75, 3.05) is 5.32 Å². The minimum atomic E-state index is -0.575. The smallest absolute Gasteiger partial charge is 0.325 e. The SMILES string of the molecule is CCCCn1cnc2c1c(=O)n(CC(=O)Nc1cc(F)ccc1C)c(=O)n2CCCC. The number of nitrogens with zero attached hydrogens (tertiary/aromatic N) is 4. The molecule has 0 saturated carbocycles. The van der Waals surface area contributed by atoms with E-state index in [0.717, 1.165) is 30.3 Å². The summed E-state index contributed by atoms with van der Waals surface area (Å²) >= 11 is 0. The van der Waals surface area contributed by atoms with Crippen LogP contribution in [0.15, 0.2) is 34.1 Å². The summed E-state index contributed by atoms with van der Waals surface area (Å²) in [6, 6.07) is 4.05. The van der Waals surface area contributed by atoms with Crippen molar-refractivity contribution in [3.8, 4) is 0 Å². The number of carbonyl (C=O) groups excluding carboxylic acids is 1. The van der Waals surface area contributed by atoms with Crippen molar-refractivity contribution in [1.82, 2.24) is 18.7 Å². The van der Waals surface area contributed by atoms with E-state index in [1.165, 1.54) is 16.7 Å². The quantitative estimate of drug-likeness (QED) is 0.566. The van der Waals surface area contributed by atoms with Crippen molar-refractivity contribution in [3.63, 3.8) is 0 Å². The second kappa shape index (κ2) is 9.72. The van der Waals surface area contributed by atoms with Crippen molar-refractivity contribution < 1.29 is 9.18 Å². The number of hydrogen-bond donors (Lipinski definition) is 1. The summed E-state index contributed by atoms with van der Waals surface area (Å²) < 4.78 is 17.7. The second-order valence-electron chi connectivity index (χ2n) is 7.65. The fourth-order valence-electron chi connectivity index (χ4n) is 3.46. The first-order valence-electron chi connectivity index (χ1n) is 10.6. The van der Waals surface area contributed by atoms with E-state index in [-0.39, 0.29) is 0 Å². The lowest BCUT2D eigenvalue weighted by molar-refractivity contribution is -0.116. The van der Waals surface area contributed by atoms with Crippen LogP contribution in [0.5, 0.6) is 0 Å². The van der Waals surface area contributed by atoms with Gasteiger partial charge in [-0.3, -0.25) is 14.2 Å². The zero-order valence-electron chi connectivity index (χ0n) is 18.2. The standard InChI is InChI=1S/C22H28FN5O3/c1-4-6-10-26-14-24-20-19(26)21(30)28(22(31)27(20)11-7-5-2)13-18(29)25-17-12-16(23)9-8-15(17)3/h8-9,12,14H,4-7,10-11,13H2,1-3H3,(H,25,29). The number of fused-ring (bicyclic) bond motifs is 1. The average Bonchev–Trinajstić information content (AvgIpc) is 3.16. The second-order valence-corrected chi connectivity index (χ2v) is 7.65. The first-order valence-corrected chi connectivity index (χ1v) is 10.6. The molecule has 3 aromatic rings. The topological polar surface area (TPSA) is 90.9 Å². The summed E-state index contributed by atoms with van der Waals surface area (Å²) in [5, 5.41) is 2.60. The number of amides is 1. The van der Waals surface area contributed by atoms with Gasteiger partial charge in [-0.15, -0.1) is 0 Å². The first kappa shape index (κ1) is 22.5. The van der Waals surface area contributed by atoms with Crippen LogP contribution in [0.25, 0.3) is 11.2 Å². The normalized spacial score (nSPS) is 11.2. The van der Waals surface area contributed by atoms with Gasteiger partial charge in [0.25, 0.3) is 5.56 Å². The van der Waals surface area contributed by atoms with Gasteiger partial charge < -0.3 is 9.88 Å². The molecule has 0 aliphatic carbocycles. The maximum atomic E-state index is 13.5. The highest BCUT2D eigenvalue weighted by Gasteiger charge is 2.19. The van der Waals surface area contributed by atoms with E-state index < -0.39 is 29.5 Å². The molecule has 0 spiro atoms. The van der Waals surface area contributed by atoms with Gasteiger partial charge in [0.2, 0.25) is 5.91 Å². The molecule has 2 heterocycles. The highest BCUT2D eigenvalue weighted by molar-refractivity contribution is 5.91. The number of carbonyl (C=O) groups is 1. The zero-order valence-corrected chi connectivity index (χ0v) is 18.2. The van der Waals surface area contributed by atoms with Crippen LogP contribution in [0.1, 0.15) is 45.1 Å². The first-order chi connectivity index (χ1) is 14.9. The third kappa shape index (κ3) is 4.76. The number of nitrogens with one attached hydrogen (secondary N) is 1. The van der Waals surface area contributed by atoms with Gasteiger partial charge in [-0.1, -0.05) is 32.8 Å². The predicted molar refractivity (Wildman–Crippen MR) is 118 cm³/mol. The van der Waals surface area contributed by atoms with Crippen LogP contribution < -0.4 is 16.6 Å². The summed E-state index contributed by atoms with van der Waals surface area (Å²) in [6.07, 6.45) is 4.98. The monoisotopic (exact) mass is 429 g/mol. The molecule has 0 aliphatic heterocycles. The Morgan fingerprint density at radius 1 is 1.10 bits per heavy atom. The van der Waals surface area contributed by atoms with Gasteiger partial charge in [0.05, 0.1) is 6.33 Å². The van der Waals surface area contributed by atoms with Crippen LogP contribution in [0.4, 0.5) is 10.1 Å². The number of hydrogen-bond acceptors (Lipinski definition) is 4. The maximum absolute atomic E-state index is 13.5. The van der Waals surface area contributed by atoms with Crippen LogP contribution in [0.2, 0.25) is 0 Å². The van der Waals surface area contributed by atoms with Gasteiger partial charge in [-0.2, -0.15) is 0 Å². The fourth-order valence-corrected chi connectivity index (χ4v) is 3.46. The average molecular weight is 429 g/mol. The Labute approximate surface area is 179 Å². The molecule has 0 atom stereocenters. The Morgan fingerprint density at radius 2 is 1.81 bits per heavy atom. The molecule has 0 bridgehead atoms. The molecular weight excluding hydrogens is 401 g/mol. The van der Waals surface area contributed by atoms with Gasteiger partial charge in [-0.25, -0.2) is 18.7 Å². The molecule has 1 aromatic carbocycles. The lowest BCUT2D eigenvalue weighted by Gasteiger charge is -2.13. The number of anilines is 1. The third-order valence-corrected chi connectivity index (χ3v) is 5.25. The highest BCUT2D eigenvalue weighted by atomic mass is 19.1. The van der Waals surface area contributed by atoms with Crippen molar-refractivity contribution >= 4 is 22.8 Å². The lowest BCUT2D eigenvalue weighted by Crippen LogP contribution is -2.43. The number of aromatic nitrogens is 4. The molecule has 0 fully saturated rings. The number of benzene rings is 1. The molecule has 0 aliphatic rings. The summed E-state index contributed by atoms with van der Waals surface area (Å²) in [7, 11) is 0. The van der Waals surface area contributed by atoms with Gasteiger partial charge >= 0.3 is 5.69 Å². The molecule has 2 aromatic heterocycles. The molecule has 1 amide bonds. The number of imidazole rings is 1. The van der Waals surface area contributed by atoms with Crippen molar-refractivity contribution in [3.05, 3.63) is 56.7 Å². The van der Waals surface area contributed by atoms with E-state index in [1.807, 2.05) is 13.8 Å². The summed E-state index contributed by atoms with van der Waals surface area (Å²) in [5.41, 5.74) is 0.523. The Bertz CT molecular complexity index is 1210. The Balaban J connectivity index is 2.03. The van der Waals surface area contributed by atoms with Crippen LogP contribution in [0, 0.1) is 12.7 Å². The summed E-state index contributed by atoms with van der Waals surface area (Å²) in [5.74, 6) is -1.06. The van der Waals surface area contributed by atoms with Crippen molar-refractivity contribution in [2.24, 2.45) is 0 Å². The molecule has 0 unspecified atom stereocenters. The van der Waals surface area contributed by atoms with Crippen LogP contribution in [0.3, 0.4) is 0 Å². The summed E-state index contributed by atoms with van der Waals surface area (Å²) in [4.78, 5) is 43.2. The van der Waals surface area contributed by atoms with E-state index in [2.05, 4.69) is 10.3 Å². The molecule has 166 valence electrons. The molecule has 9 heteroatoms. The maximum Gasteiger partial charge on any atom is 0.333 e. The molecule has 1 N–H and O–H groups in total. The third-order valence-electron chi connectivity index (χ3n) is 5.25. The lowest BCUT2D eigenvalue weighted by atomic mass is 10.2. The largest absolute Gasteiger partial charge is 0.333 e. The fraction of sp³-hybridized carbons (Fsp3) is 0.455. The highest BCUT2D eigenvalue weighted by Crippen LogP contribution is 2.16. The molecule has 3 rings (SSSR count). The van der Waals surface area contributed by atoms with Gasteiger partial charge in [0.15, 0.2) is 11.2 Å². The van der Waals surface area contributed by atoms with E-state index in [4.69, 9.17) is 0 Å². The van der Waals surface area contributed by atoms with Crippen LogP contribution in [-0.2, 0) is 24.4 Å². The Morgan fingerprint density at radius 3 is 2.52 bits per heavy atom. The van der Waals surface area contributed by atoms with E-state index in [0.29, 0.717) is 35.5 Å². The Kier molecular flexibility index (Phi) is 7.04. The van der Waals surface area contributed by atoms with Crippen molar-refractivity contribution in [1.29, 1.82) is 0 Å². The van der Waals surface area contributed by atoms with Gasteiger partial charge in [0.1, 0.15) is 12.4 Å². The molecule has 8 nitrogen and oxygen atoms in total. The van der Waals surface area contributed by atoms with Crippen LogP contribution >= 0.6 is 0 Å². The molecule has 31 heavy (non-hydrogen) atoms. The summed E-state index contributed by atoms with van der Waals surface area (Å²) in [6.45, 7) is 6.33. The minimum Gasteiger partial charge on any atom is -0.325 e. The van der Waals surface area contributed by atoms with Crippen LogP contribution in [-0.4, -0.2) is 24.6 Å². The predicted octanol–water partition coefficient (Wildman–Crippen LogP) is 3.05. The van der Waals surface area contributed by atoms with E-state index in [1.54, 1.807) is 23.9 Å². The van der Waals surface area contributed by atoms with Gasteiger partial charge in [0, 0.05) is 18.8 Å². The van der Waals surface area contributed by atoms with Crippen molar-refractivity contribution in [2.45, 2.75) is 66.1 Å². The Hall–Kier alpha value is -3.23. The molecular formula is C22H28FN5O3. The molecule has 0 radical (unpaired) electrons. The number of rotatable bonds is 9. The van der Waals surface area contributed by atoms with E-state index in [9.17, 15) is 18.8 Å². The minimum absolute atomic E-state index is 0.304. The zero-order chi connectivity index (χ0) is 22.5. The number of halogens is 1. The molecule has 0 saturated heterocycles. The number of aryl methyl sites for hydroxylation is 3. The number of unbranched alkanes of at least 4 members (excludes halogenated alkanes) is 2. The van der Waals surface area contributed by atoms with Gasteiger partial charge in [-0.05, 0) is 37.5 Å². The van der Waals surface area contributed by atoms with E-state index >= 15 is 0 Å².